The second kappa shape index (κ2) is 13.7. The van der Waals surface area contributed by atoms with E-state index in [4.69, 9.17) is 46.4 Å². The molecule has 2 fully saturated rings. The summed E-state index contributed by atoms with van der Waals surface area (Å²) in [5.74, 6) is 0. The van der Waals surface area contributed by atoms with Crippen molar-refractivity contribution in [2.75, 3.05) is 13.1 Å². The summed E-state index contributed by atoms with van der Waals surface area (Å²) in [6.07, 6.45) is 9.76. The molecular weight excluding hydrogens is 472 g/mol. The van der Waals surface area contributed by atoms with E-state index in [9.17, 15) is 0 Å². The van der Waals surface area contributed by atoms with Crippen molar-refractivity contribution in [2.45, 2.75) is 101 Å². The molecule has 0 amide bonds. The van der Waals surface area contributed by atoms with E-state index in [0.29, 0.717) is 24.2 Å². The summed E-state index contributed by atoms with van der Waals surface area (Å²) in [4.78, 5) is 4.97. The molecule has 6 atom stereocenters. The fraction of sp³-hybridized carbons (Fsp3) is 0.783. The summed E-state index contributed by atoms with van der Waals surface area (Å²) in [7, 11) is 9.59. The van der Waals surface area contributed by atoms with E-state index in [1.807, 2.05) is 0 Å². The molecule has 1 aromatic heterocycles. The maximum atomic E-state index is 5.16. The minimum Gasteiger partial charge on any atom is 0 e. The van der Waals surface area contributed by atoms with Gasteiger partial charge >= 0.3 is 33.3 Å². The van der Waals surface area contributed by atoms with Gasteiger partial charge in [0.2, 0.25) is 0 Å². The van der Waals surface area contributed by atoms with Crippen LogP contribution in [-0.2, 0) is 13.1 Å². The van der Waals surface area contributed by atoms with Crippen molar-refractivity contribution in [1.29, 1.82) is 0 Å². The third-order valence-corrected chi connectivity index (χ3v) is 6.69. The molecule has 185 valence electrons. The number of hydrogen-bond acceptors (Lipinski definition) is 1. The Kier molecular flexibility index (Phi) is 11.4. The Labute approximate surface area is 209 Å². The summed E-state index contributed by atoms with van der Waals surface area (Å²) in [6.45, 7) is 6.06. The van der Waals surface area contributed by atoms with Gasteiger partial charge in [0.25, 0.3) is 0 Å². The minimum absolute atomic E-state index is 0. The van der Waals surface area contributed by atoms with Crippen LogP contribution in [0.15, 0.2) is 18.2 Å². The zero-order valence-electron chi connectivity index (χ0n) is 18.6. The first-order chi connectivity index (χ1) is 15.1. The Balaban J connectivity index is 0. The van der Waals surface area contributed by atoms with Crippen molar-refractivity contribution in [3.05, 3.63) is 50.9 Å². The third-order valence-electron chi connectivity index (χ3n) is 6.69. The van der Waals surface area contributed by atoms with Gasteiger partial charge in [-0.15, -0.1) is 0 Å². The van der Waals surface area contributed by atoms with Crippen LogP contribution in [0.5, 0.6) is 0 Å². The molecule has 2 heterocycles. The number of pyridine rings is 1. The van der Waals surface area contributed by atoms with E-state index in [0.717, 1.165) is 37.3 Å². The molecule has 0 saturated heterocycles. The van der Waals surface area contributed by atoms with E-state index in [2.05, 4.69) is 32.0 Å². The van der Waals surface area contributed by atoms with Crippen LogP contribution in [0.4, 0.5) is 0 Å². The van der Waals surface area contributed by atoms with Crippen LogP contribution in [-0.4, -0.2) is 42.2 Å². The third kappa shape index (κ3) is 7.82. The van der Waals surface area contributed by atoms with Crippen molar-refractivity contribution in [3.63, 3.8) is 0 Å². The van der Waals surface area contributed by atoms with Gasteiger partial charge in [0.05, 0.1) is 0 Å². The van der Waals surface area contributed by atoms with Gasteiger partial charge in [0, 0.05) is 17.1 Å². The fourth-order valence-corrected chi connectivity index (χ4v) is 5.07. The maximum Gasteiger partial charge on any atom is 0 e. The number of nitrogens with zero attached hydrogens (tertiary/aromatic N) is 5. The van der Waals surface area contributed by atoms with Gasteiger partial charge in [-0.2, -0.15) is 37.3 Å². The van der Waals surface area contributed by atoms with Crippen molar-refractivity contribution in [1.82, 2.24) is 4.98 Å². The molecule has 1 aromatic rings. The van der Waals surface area contributed by atoms with Gasteiger partial charge in [-0.25, -0.2) is 0 Å². The molecular formula is C23H43Cl2MnN5-4. The Bertz CT molecular complexity index is 621. The molecule has 2 aliphatic carbocycles. The molecule has 0 unspecified atom stereocenters. The number of aromatic nitrogens is 1. The van der Waals surface area contributed by atoms with Crippen LogP contribution < -0.4 is 0 Å². The predicted molar refractivity (Wildman–Crippen MR) is 136 cm³/mol. The zero-order chi connectivity index (χ0) is 22.1. The van der Waals surface area contributed by atoms with Gasteiger partial charge < -0.3 is 21.3 Å². The molecule has 0 N–H and O–H groups in total. The average molecular weight is 515 g/mol. The van der Waals surface area contributed by atoms with Gasteiger partial charge in [-0.1, -0.05) is 83.4 Å². The van der Waals surface area contributed by atoms with E-state index in [1.54, 1.807) is 0 Å². The van der Waals surface area contributed by atoms with Gasteiger partial charge in [0.15, 0.2) is 0 Å². The first kappa shape index (κ1) is 25.7. The topological polar surface area (TPSA) is 69.3 Å². The van der Waals surface area contributed by atoms with Crippen molar-refractivity contribution < 1.29 is 18.8 Å². The summed E-state index contributed by atoms with van der Waals surface area (Å²) in [5, 5.41) is 20.4. The average Bonchev–Trinajstić information content (AvgIpc) is 2.79. The van der Waals surface area contributed by atoms with Crippen molar-refractivity contribution in [3.8, 4) is 0 Å². The number of halogens is 2. The van der Waals surface area contributed by atoms with Crippen LogP contribution in [0, 0.1) is 0 Å². The Morgan fingerprint density at radius 1 is 0.774 bits per heavy atom. The van der Waals surface area contributed by atoms with E-state index in [1.165, 1.54) is 38.5 Å². The number of fused-ring (bicyclic) bond motifs is 4. The molecule has 0 aromatic carbocycles. The van der Waals surface area contributed by atoms with E-state index in [-0.39, 0.29) is 30.9 Å². The summed E-state index contributed by atoms with van der Waals surface area (Å²) < 4.78 is 0. The maximum absolute atomic E-state index is 5.16. The molecule has 0 radical (unpaired) electrons. The van der Waals surface area contributed by atoms with Crippen LogP contribution in [0.2, 0.25) is 0 Å². The molecule has 31 heavy (non-hydrogen) atoms. The summed E-state index contributed by atoms with van der Waals surface area (Å²) >= 11 is 0.00694. The molecule has 8 heteroatoms. The molecule has 2 bridgehead atoms. The Hall–Kier alpha value is 0.0895. The van der Waals surface area contributed by atoms with Gasteiger partial charge in [-0.05, 0) is 12.1 Å². The zero-order valence-corrected chi connectivity index (χ0v) is 21.3. The first-order valence-electron chi connectivity index (χ1n) is 11.7. The number of rotatable bonds is 0. The first-order valence-corrected chi connectivity index (χ1v) is 14.9. The molecule has 3 aliphatic rings. The minimum atomic E-state index is 0. The summed E-state index contributed by atoms with van der Waals surface area (Å²) in [6, 6.07) is 8.00. The quantitative estimate of drug-likeness (QED) is 0.319. The second-order valence-electron chi connectivity index (χ2n) is 8.84. The largest absolute Gasteiger partial charge is 0 e. The van der Waals surface area contributed by atoms with E-state index >= 15 is 0 Å². The van der Waals surface area contributed by atoms with Gasteiger partial charge in [0.1, 0.15) is 0 Å². The van der Waals surface area contributed by atoms with E-state index < -0.39 is 0 Å². The molecule has 2 saturated carbocycles. The van der Waals surface area contributed by atoms with Crippen molar-refractivity contribution >= 4 is 20.2 Å². The smallest absolute Gasteiger partial charge is 0 e. The fourth-order valence-electron chi connectivity index (χ4n) is 5.07. The molecule has 4 rings (SSSR count). The standard InChI is InChI=1S/C23H35N5.2ClH.Mn.4H2/c1-16-18-12-7-13-19(28-18)17(2)27-23-11-6-4-9-21(23)25-15-14-24-20-8-3-5-10-22(20)26-16;;;;;;;/h7,12-13,16-17,20-23H,3-6,8-11,14-15H2,1-2H3;2*1H;;4*1H/q-4;;;+2;;;;/p-2/t16-,17+,20-,21-,22-,23-;;;;;;;/m1......./s1. The summed E-state index contributed by atoms with van der Waals surface area (Å²) in [5.41, 5.74) is 2.15. The molecule has 5 nitrogen and oxygen atoms in total. The SMILES string of the molecule is C[C@@H]1[N-][C@@H]2CCCC[C@H]2[N-]CC[N-][C@@H]2CCCC[C@H]2[N-][C@H](C)c2cccc1n2.[Cl][Mn][Cl].[HH].[HH].[HH].[HH]. The predicted octanol–water partition coefficient (Wildman–Crippen LogP) is 8.69. The molecule has 1 aliphatic heterocycles. The number of hydrogen-bond donors (Lipinski definition) is 0. The Morgan fingerprint density at radius 3 is 1.58 bits per heavy atom. The van der Waals surface area contributed by atoms with Crippen LogP contribution >= 0.6 is 20.2 Å². The van der Waals surface area contributed by atoms with Crippen LogP contribution in [0.1, 0.15) is 94.4 Å². The van der Waals surface area contributed by atoms with Crippen LogP contribution in [0.3, 0.4) is 0 Å². The Morgan fingerprint density at radius 2 is 1.16 bits per heavy atom. The van der Waals surface area contributed by atoms with Crippen LogP contribution in [0.25, 0.3) is 21.3 Å². The monoisotopic (exact) mass is 514 g/mol. The second-order valence-corrected chi connectivity index (χ2v) is 10.8. The van der Waals surface area contributed by atoms with Gasteiger partial charge in [-0.3, -0.25) is 4.98 Å². The van der Waals surface area contributed by atoms with Crippen molar-refractivity contribution in [2.24, 2.45) is 0 Å². The normalized spacial score (nSPS) is 34.7. The molecule has 0 spiro atoms.